The zero-order valence-electron chi connectivity index (χ0n) is 20.0. The molecule has 5 rings (SSSR count). The number of ether oxygens (including phenoxy) is 1. The number of aliphatic hydroxyl groups is 2. The molecular formula is C26H35NO7. The molecule has 8 heteroatoms. The Morgan fingerprint density at radius 3 is 2.59 bits per heavy atom. The van der Waals surface area contributed by atoms with E-state index in [1.54, 1.807) is 6.08 Å². The van der Waals surface area contributed by atoms with Gasteiger partial charge in [0.1, 0.15) is 11.6 Å². The first-order valence-corrected chi connectivity index (χ1v) is 12.6. The second kappa shape index (κ2) is 7.98. The maximum Gasteiger partial charge on any atom is 0.329 e. The molecule has 1 amide bonds. The van der Waals surface area contributed by atoms with Crippen LogP contribution in [-0.2, 0) is 23.9 Å². The van der Waals surface area contributed by atoms with Crippen molar-refractivity contribution < 1.29 is 34.1 Å². The van der Waals surface area contributed by atoms with Gasteiger partial charge in [-0.2, -0.15) is 0 Å². The minimum absolute atomic E-state index is 0.0000622. The van der Waals surface area contributed by atoms with Crippen molar-refractivity contribution >= 4 is 23.4 Å². The fraction of sp³-hybridized carbons (Fsp3) is 0.769. The van der Waals surface area contributed by atoms with Gasteiger partial charge in [0, 0.05) is 18.3 Å². The molecule has 3 unspecified atom stereocenters. The highest BCUT2D eigenvalue weighted by atomic mass is 16.5. The van der Waals surface area contributed by atoms with Crippen LogP contribution < -0.4 is 5.32 Å². The van der Waals surface area contributed by atoms with Crippen LogP contribution in [0.25, 0.3) is 0 Å². The molecule has 8 nitrogen and oxygen atoms in total. The molecule has 3 saturated carbocycles. The third kappa shape index (κ3) is 3.32. The van der Waals surface area contributed by atoms with Gasteiger partial charge in [0.15, 0.2) is 12.4 Å². The number of amides is 1. The first kappa shape index (κ1) is 23.7. The lowest BCUT2D eigenvalue weighted by Gasteiger charge is -2.60. The molecule has 0 spiro atoms. The average Bonchev–Trinajstić information content (AvgIpc) is 3.33. The van der Waals surface area contributed by atoms with Crippen molar-refractivity contribution in [2.45, 2.75) is 89.4 Å². The number of carbonyl (C=O) groups excluding carboxylic acids is 4. The van der Waals surface area contributed by atoms with Crippen molar-refractivity contribution in [3.8, 4) is 0 Å². The summed E-state index contributed by atoms with van der Waals surface area (Å²) in [5.74, 6) is -1.03. The lowest BCUT2D eigenvalue weighted by Crippen LogP contribution is -2.62. The van der Waals surface area contributed by atoms with E-state index >= 15 is 0 Å². The van der Waals surface area contributed by atoms with Crippen LogP contribution in [-0.4, -0.2) is 58.0 Å². The lowest BCUT2D eigenvalue weighted by atomic mass is 9.45. The Balaban J connectivity index is 1.34. The van der Waals surface area contributed by atoms with Gasteiger partial charge in [0.2, 0.25) is 11.7 Å². The van der Waals surface area contributed by atoms with Crippen LogP contribution in [0.4, 0.5) is 0 Å². The molecule has 4 aliphatic carbocycles. The molecule has 0 aromatic carbocycles. The van der Waals surface area contributed by atoms with Gasteiger partial charge in [-0.3, -0.25) is 14.4 Å². The molecule has 1 saturated heterocycles. The van der Waals surface area contributed by atoms with Crippen LogP contribution in [0.2, 0.25) is 0 Å². The number of aliphatic hydroxyl groups excluding tert-OH is 1. The number of allylic oxidation sites excluding steroid dienone is 1. The highest BCUT2D eigenvalue weighted by molar-refractivity contribution is 5.93. The van der Waals surface area contributed by atoms with E-state index < -0.39 is 41.5 Å². The molecule has 0 radical (unpaired) electrons. The normalized spacial score (nSPS) is 45.5. The van der Waals surface area contributed by atoms with E-state index in [0.717, 1.165) is 24.8 Å². The summed E-state index contributed by atoms with van der Waals surface area (Å²) in [7, 11) is 0. The predicted molar refractivity (Wildman–Crippen MR) is 120 cm³/mol. The molecule has 0 bridgehead atoms. The van der Waals surface area contributed by atoms with Gasteiger partial charge < -0.3 is 20.3 Å². The number of rotatable bonds is 4. The van der Waals surface area contributed by atoms with E-state index in [0.29, 0.717) is 25.7 Å². The quantitative estimate of drug-likeness (QED) is 0.529. The lowest BCUT2D eigenvalue weighted by molar-refractivity contribution is -0.184. The van der Waals surface area contributed by atoms with Crippen molar-refractivity contribution in [2.24, 2.45) is 28.6 Å². The Bertz CT molecular complexity index is 974. The van der Waals surface area contributed by atoms with E-state index in [1.807, 2.05) is 6.92 Å². The van der Waals surface area contributed by atoms with Gasteiger partial charge in [-0.25, -0.2) is 4.79 Å². The summed E-state index contributed by atoms with van der Waals surface area (Å²) in [6, 6.07) is -0.744. The maximum absolute atomic E-state index is 13.3. The van der Waals surface area contributed by atoms with Crippen LogP contribution in [0.1, 0.15) is 71.6 Å². The van der Waals surface area contributed by atoms with Crippen LogP contribution in [0.3, 0.4) is 0 Å². The third-order valence-corrected chi connectivity index (χ3v) is 10.1. The molecule has 0 aromatic heterocycles. The van der Waals surface area contributed by atoms with E-state index in [9.17, 15) is 29.4 Å². The monoisotopic (exact) mass is 473 g/mol. The summed E-state index contributed by atoms with van der Waals surface area (Å²) in [5, 5.41) is 25.7. The molecule has 186 valence electrons. The summed E-state index contributed by atoms with van der Waals surface area (Å²) >= 11 is 0. The Kier molecular flexibility index (Phi) is 5.56. The number of fused-ring (bicyclic) bond motifs is 5. The second-order valence-electron chi connectivity index (χ2n) is 11.7. The smallest absolute Gasteiger partial charge is 0.329 e. The SMILES string of the molecule is C[C@]12CCC(=O)C=C1CCC1C2[C@@H](O)C[C@@]2(C)C1CC[C@]2(O)C(=O)COC(=O)[C@@H]1CCC(=O)N1. The Labute approximate surface area is 199 Å². The first-order chi connectivity index (χ1) is 16.0. The van der Waals surface area contributed by atoms with Gasteiger partial charge in [-0.15, -0.1) is 0 Å². The van der Waals surface area contributed by atoms with E-state index in [-0.39, 0.29) is 47.7 Å². The molecule has 1 heterocycles. The summed E-state index contributed by atoms with van der Waals surface area (Å²) in [6.07, 6.45) is 5.79. The molecule has 4 fully saturated rings. The zero-order valence-corrected chi connectivity index (χ0v) is 20.0. The molecule has 3 N–H and O–H groups in total. The number of hydrogen-bond acceptors (Lipinski definition) is 7. The molecule has 5 aliphatic rings. The van der Waals surface area contributed by atoms with Gasteiger partial charge in [-0.05, 0) is 74.2 Å². The topological polar surface area (TPSA) is 130 Å². The number of esters is 1. The Morgan fingerprint density at radius 1 is 1.12 bits per heavy atom. The minimum Gasteiger partial charge on any atom is -0.456 e. The minimum atomic E-state index is -1.68. The van der Waals surface area contributed by atoms with Crippen molar-refractivity contribution in [3.05, 3.63) is 11.6 Å². The summed E-state index contributed by atoms with van der Waals surface area (Å²) in [6.45, 7) is 3.53. The van der Waals surface area contributed by atoms with Gasteiger partial charge >= 0.3 is 5.97 Å². The number of hydrogen-bond donors (Lipinski definition) is 3. The molecule has 8 atom stereocenters. The highest BCUT2D eigenvalue weighted by Crippen LogP contribution is 2.67. The van der Waals surface area contributed by atoms with Crippen LogP contribution in [0.15, 0.2) is 11.6 Å². The molecular weight excluding hydrogens is 438 g/mol. The fourth-order valence-electron chi connectivity index (χ4n) is 8.30. The van der Waals surface area contributed by atoms with Crippen LogP contribution in [0, 0.1) is 28.6 Å². The second-order valence-corrected chi connectivity index (χ2v) is 11.7. The fourth-order valence-corrected chi connectivity index (χ4v) is 8.30. The van der Waals surface area contributed by atoms with Crippen molar-refractivity contribution in [1.82, 2.24) is 5.32 Å². The van der Waals surface area contributed by atoms with Gasteiger partial charge in [-0.1, -0.05) is 19.4 Å². The van der Waals surface area contributed by atoms with Crippen LogP contribution in [0.5, 0.6) is 0 Å². The van der Waals surface area contributed by atoms with E-state index in [4.69, 9.17) is 4.74 Å². The Morgan fingerprint density at radius 2 is 1.88 bits per heavy atom. The molecule has 1 aliphatic heterocycles. The largest absolute Gasteiger partial charge is 0.456 e. The summed E-state index contributed by atoms with van der Waals surface area (Å²) in [5.41, 5.74) is -1.59. The standard InChI is InChI=1S/C26H35NO7/c1-24-9-7-15(28)11-14(24)3-4-16-17-8-10-26(33,25(17,2)12-19(29)22(16)24)20(30)13-34-23(32)18-5-6-21(31)27-18/h11,16-19,22,29,33H,3-10,12-13H2,1-2H3,(H,27,31)/t16?,17?,18-,19-,22?,24-,25-,26-/m0/s1. The van der Waals surface area contributed by atoms with E-state index in [2.05, 4.69) is 12.2 Å². The maximum atomic E-state index is 13.3. The number of carbonyl (C=O) groups is 4. The summed E-state index contributed by atoms with van der Waals surface area (Å²) < 4.78 is 5.20. The average molecular weight is 474 g/mol. The number of Topliss-reactive ketones (excluding diaryl/α,β-unsaturated/α-hetero) is 1. The number of nitrogens with one attached hydrogen (secondary N) is 1. The van der Waals surface area contributed by atoms with Crippen molar-refractivity contribution in [3.63, 3.8) is 0 Å². The number of ketones is 2. The predicted octanol–water partition coefficient (Wildman–Crippen LogP) is 1.61. The Hall–Kier alpha value is -2.06. The van der Waals surface area contributed by atoms with Crippen molar-refractivity contribution in [1.29, 1.82) is 0 Å². The van der Waals surface area contributed by atoms with Gasteiger partial charge in [0.05, 0.1) is 6.10 Å². The molecule has 0 aromatic rings. The first-order valence-electron chi connectivity index (χ1n) is 12.6. The summed E-state index contributed by atoms with van der Waals surface area (Å²) in [4.78, 5) is 48.9. The third-order valence-electron chi connectivity index (χ3n) is 10.1. The zero-order chi connectivity index (χ0) is 24.5. The molecule has 34 heavy (non-hydrogen) atoms. The van der Waals surface area contributed by atoms with E-state index in [1.165, 1.54) is 0 Å². The highest BCUT2D eigenvalue weighted by Gasteiger charge is 2.68. The van der Waals surface area contributed by atoms with Gasteiger partial charge in [0.25, 0.3) is 0 Å². The van der Waals surface area contributed by atoms with Crippen LogP contribution >= 0.6 is 0 Å². The van der Waals surface area contributed by atoms with Crippen molar-refractivity contribution in [2.75, 3.05) is 6.61 Å².